The van der Waals surface area contributed by atoms with Crippen LogP contribution < -0.4 is 0 Å². The largest absolute Gasteiger partial charge is 0.511 e. The smallest absolute Gasteiger partial charge is 0.201 e. The summed E-state index contributed by atoms with van der Waals surface area (Å²) in [6.07, 6.45) is 5.60. The predicted molar refractivity (Wildman–Crippen MR) is 112 cm³/mol. The summed E-state index contributed by atoms with van der Waals surface area (Å²) in [4.78, 5) is 27.4. The number of carbonyl (C=O) groups excluding carboxylic acids is 2. The van der Waals surface area contributed by atoms with Crippen molar-refractivity contribution in [2.75, 3.05) is 6.54 Å². The molecule has 1 aromatic carbocycles. The van der Waals surface area contributed by atoms with Crippen LogP contribution in [0.3, 0.4) is 0 Å². The molecular formula is C22H25Cl2NO3. The van der Waals surface area contributed by atoms with Gasteiger partial charge in [-0.2, -0.15) is 0 Å². The minimum Gasteiger partial charge on any atom is -0.511 e. The van der Waals surface area contributed by atoms with Gasteiger partial charge in [-0.1, -0.05) is 34.9 Å². The van der Waals surface area contributed by atoms with Crippen molar-refractivity contribution in [1.29, 1.82) is 0 Å². The molecular weight excluding hydrogens is 397 g/mol. The molecule has 1 aromatic rings. The average molecular weight is 422 g/mol. The van der Waals surface area contributed by atoms with E-state index in [0.29, 0.717) is 36.0 Å². The molecule has 0 amide bonds. The van der Waals surface area contributed by atoms with Crippen molar-refractivity contribution in [3.63, 3.8) is 0 Å². The number of halogens is 2. The third kappa shape index (κ3) is 4.68. The topological polar surface area (TPSA) is 57.6 Å². The Kier molecular flexibility index (Phi) is 6.64. The Labute approximate surface area is 175 Å². The van der Waals surface area contributed by atoms with Gasteiger partial charge in [0.25, 0.3) is 0 Å². The zero-order valence-electron chi connectivity index (χ0n) is 16.2. The van der Waals surface area contributed by atoms with E-state index < -0.39 is 5.78 Å². The van der Waals surface area contributed by atoms with E-state index in [9.17, 15) is 14.7 Å². The Balaban J connectivity index is 1.92. The van der Waals surface area contributed by atoms with Gasteiger partial charge in [0, 0.05) is 48.1 Å². The Bertz CT molecular complexity index is 865. The lowest BCUT2D eigenvalue weighted by Gasteiger charge is -2.23. The summed E-state index contributed by atoms with van der Waals surface area (Å²) < 4.78 is 0. The van der Waals surface area contributed by atoms with Crippen LogP contribution in [0.15, 0.2) is 35.1 Å². The summed E-state index contributed by atoms with van der Waals surface area (Å²) in [7, 11) is 0. The van der Waals surface area contributed by atoms with E-state index in [-0.39, 0.29) is 34.1 Å². The molecule has 0 spiro atoms. The number of rotatable bonds is 7. The number of ketones is 2. The highest BCUT2D eigenvalue weighted by atomic mass is 35.5. The van der Waals surface area contributed by atoms with Crippen LogP contribution in [0.2, 0.25) is 10.0 Å². The Morgan fingerprint density at radius 3 is 2.57 bits per heavy atom. The molecule has 0 atom stereocenters. The van der Waals surface area contributed by atoms with Crippen molar-refractivity contribution in [2.45, 2.75) is 58.5 Å². The number of Topliss-reactive ketones (excluding diaryl/α,β-unsaturated/α-hetero) is 2. The molecule has 2 aliphatic rings. The molecule has 0 heterocycles. The summed E-state index contributed by atoms with van der Waals surface area (Å²) in [5.41, 5.74) is 2.01. The highest BCUT2D eigenvalue weighted by Crippen LogP contribution is 2.35. The average Bonchev–Trinajstić information content (AvgIpc) is 3.45. The fourth-order valence-corrected chi connectivity index (χ4v) is 4.00. The molecule has 4 nitrogen and oxygen atoms in total. The number of carbonyl (C=O) groups is 2. The molecule has 2 aliphatic carbocycles. The first-order chi connectivity index (χ1) is 13.3. The fraction of sp³-hybridized carbons (Fsp3) is 0.455. The number of hydrogen-bond donors (Lipinski definition) is 1. The quantitative estimate of drug-likeness (QED) is 0.349. The Morgan fingerprint density at radius 2 is 1.96 bits per heavy atom. The molecule has 3 rings (SSSR count). The van der Waals surface area contributed by atoms with Gasteiger partial charge in [-0.25, -0.2) is 0 Å². The molecule has 0 bridgehead atoms. The van der Waals surface area contributed by atoms with Crippen LogP contribution in [0.25, 0.3) is 0 Å². The SMILES string of the molecule is CC(C)=CCN(Cc1c(Cl)ccc(C(=O)C2=C(O)CCCC2=O)c1Cl)C1CC1. The molecule has 1 fully saturated rings. The van der Waals surface area contributed by atoms with Gasteiger partial charge in [-0.15, -0.1) is 0 Å². The molecule has 0 saturated heterocycles. The van der Waals surface area contributed by atoms with Crippen molar-refractivity contribution in [3.05, 3.63) is 56.3 Å². The molecule has 0 aromatic heterocycles. The molecule has 150 valence electrons. The second-order valence-corrected chi connectivity index (χ2v) is 8.54. The number of hydrogen-bond acceptors (Lipinski definition) is 4. The number of benzene rings is 1. The van der Waals surface area contributed by atoms with Crippen LogP contribution in [0.5, 0.6) is 0 Å². The van der Waals surface area contributed by atoms with Gasteiger partial charge in [0.1, 0.15) is 11.3 Å². The number of aliphatic hydroxyl groups excluding tert-OH is 1. The Morgan fingerprint density at radius 1 is 1.25 bits per heavy atom. The van der Waals surface area contributed by atoms with Gasteiger partial charge in [0.15, 0.2) is 5.78 Å². The summed E-state index contributed by atoms with van der Waals surface area (Å²) >= 11 is 13.0. The van der Waals surface area contributed by atoms with Gasteiger partial charge < -0.3 is 5.11 Å². The Hall–Kier alpha value is -1.62. The van der Waals surface area contributed by atoms with Gasteiger partial charge in [0.2, 0.25) is 5.78 Å². The van der Waals surface area contributed by atoms with E-state index in [1.165, 1.54) is 11.6 Å². The zero-order chi connectivity index (χ0) is 20.4. The van der Waals surface area contributed by atoms with E-state index >= 15 is 0 Å². The minimum absolute atomic E-state index is 0.134. The maximum atomic E-state index is 13.0. The van der Waals surface area contributed by atoms with Gasteiger partial charge in [0.05, 0.1) is 5.02 Å². The van der Waals surface area contributed by atoms with Crippen LogP contribution >= 0.6 is 23.2 Å². The second-order valence-electron chi connectivity index (χ2n) is 7.76. The van der Waals surface area contributed by atoms with E-state index in [1.54, 1.807) is 6.07 Å². The van der Waals surface area contributed by atoms with Crippen molar-refractivity contribution in [3.8, 4) is 0 Å². The highest BCUT2D eigenvalue weighted by molar-refractivity contribution is 6.40. The van der Waals surface area contributed by atoms with Crippen LogP contribution in [-0.2, 0) is 11.3 Å². The molecule has 28 heavy (non-hydrogen) atoms. The molecule has 6 heteroatoms. The van der Waals surface area contributed by atoms with Crippen molar-refractivity contribution in [1.82, 2.24) is 4.90 Å². The number of allylic oxidation sites excluding steroid dienone is 3. The molecule has 0 unspecified atom stereocenters. The van der Waals surface area contributed by atoms with Crippen LogP contribution in [0, 0.1) is 0 Å². The van der Waals surface area contributed by atoms with Gasteiger partial charge in [-0.05, 0) is 45.2 Å². The van der Waals surface area contributed by atoms with Crippen molar-refractivity contribution in [2.24, 2.45) is 0 Å². The van der Waals surface area contributed by atoms with Crippen LogP contribution in [-0.4, -0.2) is 34.2 Å². The number of nitrogens with zero attached hydrogens (tertiary/aromatic N) is 1. The normalized spacial score (nSPS) is 17.2. The molecule has 0 aliphatic heterocycles. The zero-order valence-corrected chi connectivity index (χ0v) is 17.7. The standard InChI is InChI=1S/C22H25Cl2NO3/c1-13(2)10-11-25(14-6-7-14)12-16-17(23)9-8-15(21(16)24)22(28)20-18(26)4-3-5-19(20)27/h8-10,14,26H,3-7,11-12H2,1-2H3. The molecule has 1 N–H and O–H groups in total. The lowest BCUT2D eigenvalue weighted by Crippen LogP contribution is -2.26. The maximum absolute atomic E-state index is 13.0. The summed E-state index contributed by atoms with van der Waals surface area (Å²) in [5.74, 6) is -0.992. The van der Waals surface area contributed by atoms with Gasteiger partial charge >= 0.3 is 0 Å². The third-order valence-corrected chi connectivity index (χ3v) is 5.99. The molecule has 1 saturated carbocycles. The van der Waals surface area contributed by atoms with E-state index in [2.05, 4.69) is 24.8 Å². The lowest BCUT2D eigenvalue weighted by atomic mass is 9.90. The van der Waals surface area contributed by atoms with E-state index in [4.69, 9.17) is 23.2 Å². The van der Waals surface area contributed by atoms with Crippen molar-refractivity contribution < 1.29 is 14.7 Å². The third-order valence-electron chi connectivity index (χ3n) is 5.20. The first-order valence-electron chi connectivity index (χ1n) is 9.64. The van der Waals surface area contributed by atoms with Crippen LogP contribution in [0.1, 0.15) is 61.9 Å². The van der Waals surface area contributed by atoms with E-state index in [1.807, 2.05) is 0 Å². The fourth-order valence-electron chi connectivity index (χ4n) is 3.42. The number of aliphatic hydroxyl groups is 1. The first kappa shape index (κ1) is 21.1. The highest BCUT2D eigenvalue weighted by Gasteiger charge is 2.32. The minimum atomic E-state index is -0.521. The maximum Gasteiger partial charge on any atom is 0.201 e. The summed E-state index contributed by atoms with van der Waals surface area (Å²) in [6.45, 7) is 5.45. The van der Waals surface area contributed by atoms with Gasteiger partial charge in [-0.3, -0.25) is 14.5 Å². The summed E-state index contributed by atoms with van der Waals surface area (Å²) in [5, 5.41) is 10.8. The first-order valence-corrected chi connectivity index (χ1v) is 10.4. The van der Waals surface area contributed by atoms with Crippen LogP contribution in [0.4, 0.5) is 0 Å². The molecule has 0 radical (unpaired) electrons. The monoisotopic (exact) mass is 421 g/mol. The predicted octanol–water partition coefficient (Wildman–Crippen LogP) is 5.67. The van der Waals surface area contributed by atoms with E-state index in [0.717, 1.165) is 19.4 Å². The lowest BCUT2D eigenvalue weighted by molar-refractivity contribution is -0.116. The summed E-state index contributed by atoms with van der Waals surface area (Å²) in [6, 6.07) is 3.68. The second kappa shape index (κ2) is 8.81. The van der Waals surface area contributed by atoms with Crippen molar-refractivity contribution >= 4 is 34.8 Å².